The van der Waals surface area contributed by atoms with E-state index in [1.54, 1.807) is 18.9 Å². The molecule has 33 heavy (non-hydrogen) atoms. The molecule has 176 valence electrons. The minimum atomic E-state index is 0.100. The number of carbonyl (C=O) groups excluding carboxylic acids is 1. The van der Waals surface area contributed by atoms with Gasteiger partial charge in [-0.15, -0.1) is 11.8 Å². The summed E-state index contributed by atoms with van der Waals surface area (Å²) in [6, 6.07) is 13.6. The van der Waals surface area contributed by atoms with E-state index in [2.05, 4.69) is 4.90 Å². The van der Waals surface area contributed by atoms with Crippen LogP contribution in [0.15, 0.2) is 47.4 Å². The molecule has 0 radical (unpaired) electrons. The number of fused-ring (bicyclic) bond motifs is 1. The number of aromatic nitrogens is 1. The third-order valence-electron chi connectivity index (χ3n) is 5.48. The third kappa shape index (κ3) is 6.83. The number of amides is 1. The Morgan fingerprint density at radius 1 is 1.24 bits per heavy atom. The first-order chi connectivity index (χ1) is 16.1. The Kier molecular flexibility index (Phi) is 8.86. The molecular weight excluding hydrogens is 478 g/mol. The van der Waals surface area contributed by atoms with Crippen LogP contribution >= 0.6 is 34.7 Å². The highest BCUT2D eigenvalue weighted by molar-refractivity contribution is 7.99. The number of thioether (sulfide) groups is 1. The molecule has 0 saturated carbocycles. The fraction of sp³-hybridized carbons (Fsp3) is 0.417. The van der Waals surface area contributed by atoms with Gasteiger partial charge in [-0.2, -0.15) is 0 Å². The summed E-state index contributed by atoms with van der Waals surface area (Å²) in [7, 11) is 1.66. The van der Waals surface area contributed by atoms with Gasteiger partial charge in [0.15, 0.2) is 5.13 Å². The van der Waals surface area contributed by atoms with E-state index in [1.165, 1.54) is 11.3 Å². The van der Waals surface area contributed by atoms with E-state index in [4.69, 9.17) is 26.1 Å². The number of hydrogen-bond acceptors (Lipinski definition) is 7. The zero-order valence-corrected chi connectivity index (χ0v) is 21.1. The van der Waals surface area contributed by atoms with E-state index >= 15 is 0 Å². The number of morpholine rings is 1. The van der Waals surface area contributed by atoms with Gasteiger partial charge in [0.05, 0.1) is 30.5 Å². The quantitative estimate of drug-likeness (QED) is 0.353. The largest absolute Gasteiger partial charge is 0.497 e. The molecular formula is C24H28ClN3O3S2. The van der Waals surface area contributed by atoms with Gasteiger partial charge in [0.25, 0.3) is 0 Å². The molecule has 1 fully saturated rings. The fourth-order valence-electron chi connectivity index (χ4n) is 3.67. The van der Waals surface area contributed by atoms with E-state index in [0.29, 0.717) is 23.7 Å². The van der Waals surface area contributed by atoms with Crippen LogP contribution in [0, 0.1) is 0 Å². The summed E-state index contributed by atoms with van der Waals surface area (Å²) >= 11 is 9.35. The first-order valence-corrected chi connectivity index (χ1v) is 13.2. The molecule has 0 spiro atoms. The molecule has 9 heteroatoms. The lowest BCUT2D eigenvalue weighted by molar-refractivity contribution is -0.118. The van der Waals surface area contributed by atoms with Crippen molar-refractivity contribution in [2.45, 2.75) is 17.7 Å². The van der Waals surface area contributed by atoms with Gasteiger partial charge in [-0.1, -0.05) is 22.9 Å². The van der Waals surface area contributed by atoms with Gasteiger partial charge in [0.2, 0.25) is 5.91 Å². The number of benzene rings is 2. The number of methoxy groups -OCH3 is 1. The van der Waals surface area contributed by atoms with Gasteiger partial charge in [-0.3, -0.25) is 14.6 Å². The number of anilines is 1. The summed E-state index contributed by atoms with van der Waals surface area (Å²) in [5, 5.41) is 1.42. The van der Waals surface area contributed by atoms with Crippen LogP contribution in [0.5, 0.6) is 5.75 Å². The molecule has 2 heterocycles. The van der Waals surface area contributed by atoms with Gasteiger partial charge in [0.1, 0.15) is 5.75 Å². The van der Waals surface area contributed by atoms with Gasteiger partial charge < -0.3 is 9.47 Å². The number of carbonyl (C=O) groups is 1. The van der Waals surface area contributed by atoms with Gasteiger partial charge in [-0.25, -0.2) is 4.98 Å². The molecule has 3 aromatic rings. The van der Waals surface area contributed by atoms with Crippen LogP contribution in [-0.2, 0) is 9.53 Å². The Balaban J connectivity index is 1.40. The first-order valence-electron chi connectivity index (χ1n) is 11.1. The molecule has 0 N–H and O–H groups in total. The van der Waals surface area contributed by atoms with E-state index in [9.17, 15) is 4.79 Å². The smallest absolute Gasteiger partial charge is 0.229 e. The Labute approximate surface area is 207 Å². The predicted molar refractivity (Wildman–Crippen MR) is 137 cm³/mol. The standard InChI is InChI=1S/C24H28ClN3O3S2/c1-30-19-4-6-20(7-5-19)32-16-9-23(29)28(11-2-10-27-12-14-31-15-13-27)24-26-21-8-3-18(25)17-22(21)33-24/h3-8,17H,2,9-16H2,1H3. The van der Waals surface area contributed by atoms with Gasteiger partial charge >= 0.3 is 0 Å². The van der Waals surface area contributed by atoms with Crippen molar-refractivity contribution in [2.24, 2.45) is 0 Å². The van der Waals surface area contributed by atoms with Crippen molar-refractivity contribution in [3.63, 3.8) is 0 Å². The van der Waals surface area contributed by atoms with Crippen LogP contribution < -0.4 is 9.64 Å². The molecule has 0 aliphatic carbocycles. The Hall–Kier alpha value is -1.84. The lowest BCUT2D eigenvalue weighted by atomic mass is 10.3. The number of hydrogen-bond donors (Lipinski definition) is 0. The van der Waals surface area contributed by atoms with Crippen LogP contribution in [0.1, 0.15) is 12.8 Å². The number of ether oxygens (including phenoxy) is 2. The molecule has 6 nitrogen and oxygen atoms in total. The molecule has 0 atom stereocenters. The second kappa shape index (κ2) is 12.0. The van der Waals surface area contributed by atoms with Crippen molar-refractivity contribution in [1.29, 1.82) is 0 Å². The van der Waals surface area contributed by atoms with E-state index in [1.807, 2.05) is 47.4 Å². The van der Waals surface area contributed by atoms with Gasteiger partial charge in [-0.05, 0) is 48.9 Å². The average Bonchev–Trinajstić information content (AvgIpc) is 3.25. The molecule has 4 rings (SSSR count). The molecule has 1 amide bonds. The highest BCUT2D eigenvalue weighted by Crippen LogP contribution is 2.31. The maximum Gasteiger partial charge on any atom is 0.229 e. The number of thiazole rings is 1. The monoisotopic (exact) mass is 505 g/mol. The van der Waals surface area contributed by atoms with Crippen molar-refractivity contribution in [2.75, 3.05) is 57.2 Å². The van der Waals surface area contributed by atoms with E-state index in [-0.39, 0.29) is 5.91 Å². The highest BCUT2D eigenvalue weighted by atomic mass is 35.5. The lowest BCUT2D eigenvalue weighted by Crippen LogP contribution is -2.39. The average molecular weight is 506 g/mol. The zero-order chi connectivity index (χ0) is 23.0. The number of rotatable bonds is 10. The Morgan fingerprint density at radius 3 is 2.79 bits per heavy atom. The summed E-state index contributed by atoms with van der Waals surface area (Å²) in [4.78, 5) is 23.4. The molecule has 1 saturated heterocycles. The number of nitrogens with zero attached hydrogens (tertiary/aromatic N) is 3. The van der Waals surface area contributed by atoms with Crippen LogP contribution in [0.4, 0.5) is 5.13 Å². The first kappa shape index (κ1) is 24.3. The maximum absolute atomic E-state index is 13.3. The summed E-state index contributed by atoms with van der Waals surface area (Å²) < 4.78 is 11.6. The minimum absolute atomic E-state index is 0.100. The molecule has 0 unspecified atom stereocenters. The molecule has 2 aromatic carbocycles. The van der Waals surface area contributed by atoms with E-state index < -0.39 is 0 Å². The van der Waals surface area contributed by atoms with Crippen LogP contribution in [0.3, 0.4) is 0 Å². The Morgan fingerprint density at radius 2 is 2.03 bits per heavy atom. The normalized spacial score (nSPS) is 14.5. The second-order valence-electron chi connectivity index (χ2n) is 7.74. The molecule has 1 aliphatic rings. The van der Waals surface area contributed by atoms with Crippen LogP contribution in [0.25, 0.3) is 10.2 Å². The molecule has 1 aliphatic heterocycles. The van der Waals surface area contributed by atoms with Crippen molar-refractivity contribution in [3.8, 4) is 5.75 Å². The minimum Gasteiger partial charge on any atom is -0.497 e. The van der Waals surface area contributed by atoms with Gasteiger partial charge in [0, 0.05) is 48.3 Å². The number of halogens is 1. The van der Waals surface area contributed by atoms with Crippen molar-refractivity contribution in [3.05, 3.63) is 47.5 Å². The van der Waals surface area contributed by atoms with E-state index in [0.717, 1.165) is 65.3 Å². The van der Waals surface area contributed by atoms with Crippen molar-refractivity contribution >= 4 is 56.0 Å². The predicted octanol–water partition coefficient (Wildman–Crippen LogP) is 5.20. The second-order valence-corrected chi connectivity index (χ2v) is 10.3. The SMILES string of the molecule is COc1ccc(SCCC(=O)N(CCCN2CCOCC2)c2nc3ccc(Cl)cc3s2)cc1. The van der Waals surface area contributed by atoms with Crippen molar-refractivity contribution < 1.29 is 14.3 Å². The van der Waals surface area contributed by atoms with Crippen LogP contribution in [-0.4, -0.2) is 68.0 Å². The summed E-state index contributed by atoms with van der Waals surface area (Å²) in [6.07, 6.45) is 1.35. The fourth-order valence-corrected chi connectivity index (χ4v) is 5.79. The molecule has 0 bridgehead atoms. The maximum atomic E-state index is 13.3. The summed E-state index contributed by atoms with van der Waals surface area (Å²) in [5.41, 5.74) is 0.873. The summed E-state index contributed by atoms with van der Waals surface area (Å²) in [5.74, 6) is 1.64. The lowest BCUT2D eigenvalue weighted by Gasteiger charge is -2.27. The zero-order valence-electron chi connectivity index (χ0n) is 18.7. The van der Waals surface area contributed by atoms with Crippen LogP contribution in [0.2, 0.25) is 5.02 Å². The Bertz CT molecular complexity index is 1050. The highest BCUT2D eigenvalue weighted by Gasteiger charge is 2.20. The molecule has 1 aromatic heterocycles. The topological polar surface area (TPSA) is 54.9 Å². The van der Waals surface area contributed by atoms with Crippen molar-refractivity contribution in [1.82, 2.24) is 9.88 Å². The summed E-state index contributed by atoms with van der Waals surface area (Å²) in [6.45, 7) is 5.06. The third-order valence-corrected chi connectivity index (χ3v) is 7.77.